The summed E-state index contributed by atoms with van der Waals surface area (Å²) in [6.45, 7) is 1.06. The highest BCUT2D eigenvalue weighted by atomic mass is 32.1. The molecule has 1 aliphatic heterocycles. The lowest BCUT2D eigenvalue weighted by atomic mass is 9.97. The Morgan fingerprint density at radius 1 is 1.08 bits per heavy atom. The SMILES string of the molecule is O=C(c1csc(C2CCN(C(=O)c3ccccc3OC(F)(F)F)CC2)n1)N(CCO)Cc1ccccc1. The molecule has 196 valence electrons. The normalized spacial score (nSPS) is 14.4. The molecule has 1 aromatic heterocycles. The van der Waals surface area contributed by atoms with Crippen LogP contribution in [0.5, 0.6) is 5.75 Å². The molecule has 1 fully saturated rings. The maximum Gasteiger partial charge on any atom is 0.573 e. The summed E-state index contributed by atoms with van der Waals surface area (Å²) in [6, 6.07) is 14.8. The molecular formula is C26H26F3N3O4S. The second-order valence-electron chi connectivity index (χ2n) is 8.62. The zero-order chi connectivity index (χ0) is 26.4. The standard InChI is InChI=1S/C26H26F3N3O4S/c27-26(28,29)36-22-9-5-4-8-20(22)24(34)31-12-10-19(11-13-31)23-30-21(17-37-23)25(35)32(14-15-33)16-18-6-2-1-3-7-18/h1-9,17,19,33H,10-16H2. The first-order valence-corrected chi connectivity index (χ1v) is 12.7. The van der Waals surface area contributed by atoms with E-state index < -0.39 is 18.0 Å². The van der Waals surface area contributed by atoms with Gasteiger partial charge >= 0.3 is 6.36 Å². The van der Waals surface area contributed by atoms with Crippen molar-refractivity contribution >= 4 is 23.2 Å². The van der Waals surface area contributed by atoms with Crippen molar-refractivity contribution in [2.24, 2.45) is 0 Å². The minimum absolute atomic E-state index is 0.0256. The molecule has 0 saturated carbocycles. The molecule has 0 aliphatic carbocycles. The number of aliphatic hydroxyl groups excluding tert-OH is 1. The van der Waals surface area contributed by atoms with Crippen molar-refractivity contribution in [1.82, 2.24) is 14.8 Å². The number of alkyl halides is 3. The first kappa shape index (κ1) is 26.6. The Balaban J connectivity index is 1.38. The van der Waals surface area contributed by atoms with Crippen LogP contribution in [0, 0.1) is 0 Å². The molecule has 0 radical (unpaired) electrons. The van der Waals surface area contributed by atoms with Gasteiger partial charge in [0.15, 0.2) is 0 Å². The number of rotatable bonds is 8. The molecule has 7 nitrogen and oxygen atoms in total. The fraction of sp³-hybridized carbons (Fsp3) is 0.346. The number of likely N-dealkylation sites (tertiary alicyclic amines) is 1. The molecule has 0 spiro atoms. The van der Waals surface area contributed by atoms with E-state index in [9.17, 15) is 27.9 Å². The summed E-state index contributed by atoms with van der Waals surface area (Å²) >= 11 is 1.37. The summed E-state index contributed by atoms with van der Waals surface area (Å²) < 4.78 is 42.2. The van der Waals surface area contributed by atoms with Crippen LogP contribution < -0.4 is 4.74 Å². The number of carbonyl (C=O) groups excluding carboxylic acids is 2. The quantitative estimate of drug-likeness (QED) is 0.454. The van der Waals surface area contributed by atoms with Gasteiger partial charge in [0, 0.05) is 37.5 Å². The number of para-hydroxylation sites is 1. The average Bonchev–Trinajstić information content (AvgIpc) is 3.38. The number of hydrogen-bond acceptors (Lipinski definition) is 6. The number of amides is 2. The molecular weight excluding hydrogens is 507 g/mol. The molecule has 3 aromatic rings. The minimum Gasteiger partial charge on any atom is -0.405 e. The zero-order valence-electron chi connectivity index (χ0n) is 19.9. The summed E-state index contributed by atoms with van der Waals surface area (Å²) in [5, 5.41) is 11.9. The number of ether oxygens (including phenoxy) is 1. The van der Waals surface area contributed by atoms with Crippen molar-refractivity contribution in [2.45, 2.75) is 31.7 Å². The van der Waals surface area contributed by atoms with E-state index in [0.717, 1.165) is 16.6 Å². The molecule has 0 bridgehead atoms. The highest BCUT2D eigenvalue weighted by Crippen LogP contribution is 2.33. The van der Waals surface area contributed by atoms with Gasteiger partial charge in [0.2, 0.25) is 0 Å². The third-order valence-electron chi connectivity index (χ3n) is 6.09. The second-order valence-corrected chi connectivity index (χ2v) is 9.51. The molecule has 2 amide bonds. The van der Waals surface area contributed by atoms with Crippen molar-refractivity contribution in [1.29, 1.82) is 0 Å². The van der Waals surface area contributed by atoms with Gasteiger partial charge in [-0.1, -0.05) is 42.5 Å². The van der Waals surface area contributed by atoms with Crippen molar-refractivity contribution in [2.75, 3.05) is 26.2 Å². The number of nitrogens with zero attached hydrogens (tertiary/aromatic N) is 3. The molecule has 1 saturated heterocycles. The Kier molecular flexibility index (Phi) is 8.45. The van der Waals surface area contributed by atoms with Gasteiger partial charge in [0.1, 0.15) is 11.4 Å². The lowest BCUT2D eigenvalue weighted by Crippen LogP contribution is -2.38. The van der Waals surface area contributed by atoms with Crippen molar-refractivity contribution < 1.29 is 32.6 Å². The van der Waals surface area contributed by atoms with Crippen molar-refractivity contribution in [3.8, 4) is 5.75 Å². The number of halogens is 3. The third-order valence-corrected chi connectivity index (χ3v) is 7.10. The highest BCUT2D eigenvalue weighted by molar-refractivity contribution is 7.09. The Morgan fingerprint density at radius 2 is 1.76 bits per heavy atom. The second kappa shape index (κ2) is 11.7. The fourth-order valence-electron chi connectivity index (χ4n) is 4.27. The van der Waals surface area contributed by atoms with Crippen molar-refractivity contribution in [3.63, 3.8) is 0 Å². The van der Waals surface area contributed by atoms with Crippen LogP contribution in [0.15, 0.2) is 60.0 Å². The number of aliphatic hydroxyl groups is 1. The Morgan fingerprint density at radius 3 is 2.43 bits per heavy atom. The van der Waals surface area contributed by atoms with E-state index in [4.69, 9.17) is 0 Å². The van der Waals surface area contributed by atoms with Crippen LogP contribution in [0.25, 0.3) is 0 Å². The van der Waals surface area contributed by atoms with Gasteiger partial charge in [0.05, 0.1) is 17.2 Å². The largest absolute Gasteiger partial charge is 0.573 e. The van der Waals surface area contributed by atoms with Gasteiger partial charge in [-0.2, -0.15) is 0 Å². The smallest absolute Gasteiger partial charge is 0.405 e. The molecule has 1 N–H and O–H groups in total. The molecule has 2 heterocycles. The van der Waals surface area contributed by atoms with E-state index in [1.165, 1.54) is 34.4 Å². The molecule has 0 unspecified atom stereocenters. The molecule has 2 aromatic carbocycles. The van der Waals surface area contributed by atoms with E-state index in [0.29, 0.717) is 38.2 Å². The number of hydrogen-bond donors (Lipinski definition) is 1. The zero-order valence-corrected chi connectivity index (χ0v) is 20.7. The average molecular weight is 534 g/mol. The number of benzene rings is 2. The Bertz CT molecular complexity index is 1210. The Labute approximate surface area is 216 Å². The summed E-state index contributed by atoms with van der Waals surface area (Å²) in [5.74, 6) is -1.28. The van der Waals surface area contributed by atoms with Gasteiger partial charge in [-0.15, -0.1) is 24.5 Å². The fourth-order valence-corrected chi connectivity index (χ4v) is 5.23. The highest BCUT2D eigenvalue weighted by Gasteiger charge is 2.34. The third kappa shape index (κ3) is 6.86. The van der Waals surface area contributed by atoms with Crippen LogP contribution in [-0.4, -0.2) is 64.3 Å². The van der Waals surface area contributed by atoms with Crippen LogP contribution in [-0.2, 0) is 6.54 Å². The van der Waals surface area contributed by atoms with Gasteiger partial charge in [-0.05, 0) is 30.5 Å². The van der Waals surface area contributed by atoms with Crippen LogP contribution >= 0.6 is 11.3 Å². The lowest BCUT2D eigenvalue weighted by Gasteiger charge is -2.31. The summed E-state index contributed by atoms with van der Waals surface area (Å²) in [4.78, 5) is 33.6. The first-order chi connectivity index (χ1) is 17.7. The van der Waals surface area contributed by atoms with Crippen molar-refractivity contribution in [3.05, 3.63) is 81.8 Å². The van der Waals surface area contributed by atoms with E-state index in [1.54, 1.807) is 10.3 Å². The summed E-state index contributed by atoms with van der Waals surface area (Å²) in [7, 11) is 0. The lowest BCUT2D eigenvalue weighted by molar-refractivity contribution is -0.274. The topological polar surface area (TPSA) is 83.0 Å². The van der Waals surface area contributed by atoms with Crippen LogP contribution in [0.4, 0.5) is 13.2 Å². The minimum atomic E-state index is -4.89. The molecule has 0 atom stereocenters. The molecule has 1 aliphatic rings. The van der Waals surface area contributed by atoms with Gasteiger partial charge < -0.3 is 19.6 Å². The van der Waals surface area contributed by atoms with E-state index in [-0.39, 0.29) is 30.5 Å². The predicted molar refractivity (Wildman–Crippen MR) is 131 cm³/mol. The predicted octanol–water partition coefficient (Wildman–Crippen LogP) is 4.70. The van der Waals surface area contributed by atoms with E-state index in [2.05, 4.69) is 9.72 Å². The van der Waals surface area contributed by atoms with Crippen LogP contribution in [0.3, 0.4) is 0 Å². The molecule has 4 rings (SSSR count). The van der Waals surface area contributed by atoms with Gasteiger partial charge in [0.25, 0.3) is 11.8 Å². The molecule has 37 heavy (non-hydrogen) atoms. The summed E-state index contributed by atoms with van der Waals surface area (Å²) in [6.07, 6.45) is -3.75. The van der Waals surface area contributed by atoms with Gasteiger partial charge in [-0.25, -0.2) is 4.98 Å². The maximum atomic E-state index is 13.1. The number of aromatic nitrogens is 1. The monoisotopic (exact) mass is 533 g/mol. The number of thiazole rings is 1. The van der Waals surface area contributed by atoms with E-state index >= 15 is 0 Å². The van der Waals surface area contributed by atoms with E-state index in [1.807, 2.05) is 30.3 Å². The van der Waals surface area contributed by atoms with Crippen LogP contribution in [0.2, 0.25) is 0 Å². The van der Waals surface area contributed by atoms with Gasteiger partial charge in [-0.3, -0.25) is 9.59 Å². The number of piperidine rings is 1. The first-order valence-electron chi connectivity index (χ1n) is 11.8. The molecule has 11 heteroatoms. The maximum absolute atomic E-state index is 13.1. The summed E-state index contributed by atoms with van der Waals surface area (Å²) in [5.41, 5.74) is 1.11. The number of carbonyl (C=O) groups is 2. The Hall–Kier alpha value is -3.44. The van der Waals surface area contributed by atoms with Crippen LogP contribution in [0.1, 0.15) is 50.2 Å².